The smallest absolute Gasteiger partial charge is 0.361 e. The standard InChI is InChI=1S/C6H8O8/c7-3(8)1-13-6(5(11)12)14-2-4(9)10/h6H,1-2H2,(H,7,8)(H,9,10)(H,11,12). The summed E-state index contributed by atoms with van der Waals surface area (Å²) in [4.78, 5) is 30.2. The molecule has 0 spiro atoms. The van der Waals surface area contributed by atoms with Crippen LogP contribution < -0.4 is 0 Å². The van der Waals surface area contributed by atoms with Crippen molar-refractivity contribution >= 4 is 17.9 Å². The maximum atomic E-state index is 10.3. The fourth-order valence-corrected chi connectivity index (χ4v) is 0.485. The van der Waals surface area contributed by atoms with Crippen LogP contribution in [0.2, 0.25) is 0 Å². The van der Waals surface area contributed by atoms with Crippen LogP contribution in [0.5, 0.6) is 0 Å². The van der Waals surface area contributed by atoms with Gasteiger partial charge in [0.1, 0.15) is 13.2 Å². The van der Waals surface area contributed by atoms with E-state index in [1.165, 1.54) is 0 Å². The first-order valence-electron chi connectivity index (χ1n) is 3.33. The highest BCUT2D eigenvalue weighted by atomic mass is 16.7. The van der Waals surface area contributed by atoms with E-state index < -0.39 is 37.4 Å². The van der Waals surface area contributed by atoms with Crippen molar-refractivity contribution in [1.29, 1.82) is 0 Å². The number of carboxylic acid groups (broad SMARTS) is 3. The Morgan fingerprint density at radius 2 is 1.29 bits per heavy atom. The molecule has 0 saturated heterocycles. The van der Waals surface area contributed by atoms with Crippen molar-refractivity contribution in [3.8, 4) is 0 Å². The maximum Gasteiger partial charge on any atom is 0.361 e. The predicted molar refractivity (Wildman–Crippen MR) is 38.6 cm³/mol. The summed E-state index contributed by atoms with van der Waals surface area (Å²) in [6.07, 6.45) is -1.89. The molecule has 3 N–H and O–H groups in total. The van der Waals surface area contributed by atoms with Crippen molar-refractivity contribution in [2.75, 3.05) is 13.2 Å². The molecule has 0 unspecified atom stereocenters. The lowest BCUT2D eigenvalue weighted by Crippen LogP contribution is -2.31. The van der Waals surface area contributed by atoms with Crippen LogP contribution in [0.1, 0.15) is 0 Å². The number of hydrogen-bond acceptors (Lipinski definition) is 5. The van der Waals surface area contributed by atoms with Gasteiger partial charge in [-0.3, -0.25) is 0 Å². The Balaban J connectivity index is 3.96. The molecule has 0 aromatic carbocycles. The molecule has 0 bridgehead atoms. The van der Waals surface area contributed by atoms with E-state index in [0.29, 0.717) is 0 Å². The van der Waals surface area contributed by atoms with E-state index in [-0.39, 0.29) is 0 Å². The molecule has 8 nitrogen and oxygen atoms in total. The van der Waals surface area contributed by atoms with E-state index in [9.17, 15) is 14.4 Å². The Labute approximate surface area is 77.7 Å². The molecule has 0 aromatic rings. The van der Waals surface area contributed by atoms with Gasteiger partial charge in [-0.15, -0.1) is 0 Å². The molecule has 0 saturated carbocycles. The lowest BCUT2D eigenvalue weighted by Gasteiger charge is -2.11. The Morgan fingerprint density at radius 1 is 0.929 bits per heavy atom. The summed E-state index contributed by atoms with van der Waals surface area (Å²) in [6.45, 7) is -1.76. The Kier molecular flexibility index (Phi) is 5.19. The molecule has 0 fully saturated rings. The minimum atomic E-state index is -1.89. The van der Waals surface area contributed by atoms with Crippen LogP contribution in [0.25, 0.3) is 0 Å². The molecule has 0 atom stereocenters. The second kappa shape index (κ2) is 5.89. The number of carboxylic acids is 3. The van der Waals surface area contributed by atoms with E-state index >= 15 is 0 Å². The highest BCUT2D eigenvalue weighted by Crippen LogP contribution is 1.95. The normalized spacial score (nSPS) is 10.1. The average Bonchev–Trinajstić information content (AvgIpc) is 2.02. The lowest BCUT2D eigenvalue weighted by molar-refractivity contribution is -0.195. The summed E-state index contributed by atoms with van der Waals surface area (Å²) in [7, 11) is 0. The number of aliphatic carboxylic acids is 3. The predicted octanol–water partition coefficient (Wildman–Crippen LogP) is -1.40. The van der Waals surface area contributed by atoms with E-state index in [4.69, 9.17) is 15.3 Å². The third kappa shape index (κ3) is 5.91. The third-order valence-electron chi connectivity index (χ3n) is 0.918. The molecular weight excluding hydrogens is 200 g/mol. The fraction of sp³-hybridized carbons (Fsp3) is 0.500. The van der Waals surface area contributed by atoms with E-state index in [0.717, 1.165) is 0 Å². The topological polar surface area (TPSA) is 130 Å². The van der Waals surface area contributed by atoms with Gasteiger partial charge in [-0.25, -0.2) is 14.4 Å². The van der Waals surface area contributed by atoms with Crippen LogP contribution in [0.15, 0.2) is 0 Å². The maximum absolute atomic E-state index is 10.3. The largest absolute Gasteiger partial charge is 0.480 e. The number of ether oxygens (including phenoxy) is 2. The second-order valence-corrected chi connectivity index (χ2v) is 2.08. The van der Waals surface area contributed by atoms with Gasteiger partial charge in [0.05, 0.1) is 0 Å². The van der Waals surface area contributed by atoms with Crippen LogP contribution >= 0.6 is 0 Å². The summed E-state index contributed by atoms with van der Waals surface area (Å²) in [5.74, 6) is -4.35. The van der Waals surface area contributed by atoms with E-state index in [2.05, 4.69) is 9.47 Å². The first-order chi connectivity index (χ1) is 6.43. The monoisotopic (exact) mass is 208 g/mol. The van der Waals surface area contributed by atoms with Crippen LogP contribution in [0, 0.1) is 0 Å². The number of hydrogen-bond donors (Lipinski definition) is 3. The van der Waals surface area contributed by atoms with Crippen molar-refractivity contribution in [3.63, 3.8) is 0 Å². The molecule has 80 valence electrons. The molecule has 0 rings (SSSR count). The molecule has 8 heteroatoms. The molecule has 0 amide bonds. The van der Waals surface area contributed by atoms with Crippen LogP contribution in [0.4, 0.5) is 0 Å². The van der Waals surface area contributed by atoms with Crippen LogP contribution in [-0.2, 0) is 23.9 Å². The first-order valence-corrected chi connectivity index (χ1v) is 3.33. The van der Waals surface area contributed by atoms with Gasteiger partial charge in [0.15, 0.2) is 0 Å². The zero-order chi connectivity index (χ0) is 11.1. The van der Waals surface area contributed by atoms with Crippen molar-refractivity contribution in [3.05, 3.63) is 0 Å². The highest BCUT2D eigenvalue weighted by molar-refractivity contribution is 5.73. The van der Waals surface area contributed by atoms with Gasteiger partial charge in [-0.1, -0.05) is 0 Å². The Morgan fingerprint density at radius 3 is 1.50 bits per heavy atom. The molecule has 0 heterocycles. The number of carbonyl (C=O) groups is 3. The zero-order valence-electron chi connectivity index (χ0n) is 6.87. The van der Waals surface area contributed by atoms with Gasteiger partial charge in [-0.05, 0) is 0 Å². The summed E-state index contributed by atoms with van der Waals surface area (Å²) in [5.41, 5.74) is 0. The van der Waals surface area contributed by atoms with Gasteiger partial charge in [0, 0.05) is 0 Å². The van der Waals surface area contributed by atoms with Gasteiger partial charge in [0.25, 0.3) is 6.29 Å². The van der Waals surface area contributed by atoms with Crippen LogP contribution in [0.3, 0.4) is 0 Å². The van der Waals surface area contributed by atoms with E-state index in [1.807, 2.05) is 0 Å². The molecule has 0 aliphatic heterocycles. The first kappa shape index (κ1) is 12.3. The van der Waals surface area contributed by atoms with Gasteiger partial charge < -0.3 is 24.8 Å². The van der Waals surface area contributed by atoms with Gasteiger partial charge in [0.2, 0.25) is 0 Å². The van der Waals surface area contributed by atoms with Crippen molar-refractivity contribution in [2.45, 2.75) is 6.29 Å². The molecule has 0 aliphatic carbocycles. The number of rotatable bonds is 7. The molecule has 0 radical (unpaired) electrons. The minimum absolute atomic E-state index is 0.878. The minimum Gasteiger partial charge on any atom is -0.480 e. The second-order valence-electron chi connectivity index (χ2n) is 2.08. The quantitative estimate of drug-likeness (QED) is 0.435. The van der Waals surface area contributed by atoms with Gasteiger partial charge in [-0.2, -0.15) is 0 Å². The highest BCUT2D eigenvalue weighted by Gasteiger charge is 2.20. The van der Waals surface area contributed by atoms with Crippen molar-refractivity contribution < 1.29 is 39.2 Å². The lowest BCUT2D eigenvalue weighted by atomic mass is 10.6. The summed E-state index contributed by atoms with van der Waals surface area (Å²) < 4.78 is 8.46. The van der Waals surface area contributed by atoms with Crippen molar-refractivity contribution in [2.24, 2.45) is 0 Å². The SMILES string of the molecule is O=C(O)COC(OCC(=O)O)C(=O)O. The van der Waals surface area contributed by atoms with Gasteiger partial charge >= 0.3 is 17.9 Å². The third-order valence-corrected chi connectivity index (χ3v) is 0.918. The fourth-order valence-electron chi connectivity index (χ4n) is 0.485. The Bertz CT molecular complexity index is 216. The summed E-state index contributed by atoms with van der Waals surface area (Å²) in [5, 5.41) is 24.6. The van der Waals surface area contributed by atoms with Crippen LogP contribution in [-0.4, -0.2) is 52.7 Å². The summed E-state index contributed by atoms with van der Waals surface area (Å²) in [6, 6.07) is 0. The van der Waals surface area contributed by atoms with E-state index in [1.54, 1.807) is 0 Å². The average molecular weight is 208 g/mol. The Hall–Kier alpha value is -1.67. The molecule has 14 heavy (non-hydrogen) atoms. The molecular formula is C6H8O8. The summed E-state index contributed by atoms with van der Waals surface area (Å²) >= 11 is 0. The van der Waals surface area contributed by atoms with Crippen molar-refractivity contribution in [1.82, 2.24) is 0 Å². The zero-order valence-corrected chi connectivity index (χ0v) is 6.87. The molecule has 0 aromatic heterocycles. The molecule has 0 aliphatic rings.